The molecule has 0 amide bonds. The number of benzene rings is 1. The van der Waals surface area contributed by atoms with Crippen LogP contribution in [0.1, 0.15) is 6.92 Å². The van der Waals surface area contributed by atoms with E-state index in [1.807, 2.05) is 12.4 Å². The number of nitrogens with zero attached hydrogens (tertiary/aromatic N) is 5. The second-order valence-electron chi connectivity index (χ2n) is 6.86. The van der Waals surface area contributed by atoms with Gasteiger partial charge in [-0.3, -0.25) is 4.98 Å². The minimum Gasteiger partial charge on any atom is -0.353 e. The molecule has 1 aliphatic rings. The summed E-state index contributed by atoms with van der Waals surface area (Å²) in [6.45, 7) is 7.50. The Labute approximate surface area is 162 Å². The third-order valence-electron chi connectivity index (χ3n) is 5.43. The lowest BCUT2D eigenvalue weighted by Crippen LogP contribution is -2.46. The Morgan fingerprint density at radius 1 is 1.00 bits per heavy atom. The van der Waals surface area contributed by atoms with Gasteiger partial charge >= 0.3 is 0 Å². The summed E-state index contributed by atoms with van der Waals surface area (Å²) in [7, 11) is 0. The van der Waals surface area contributed by atoms with Gasteiger partial charge in [0.2, 0.25) is 0 Å². The lowest BCUT2D eigenvalue weighted by molar-refractivity contribution is 0.271. The number of piperazine rings is 1. The van der Waals surface area contributed by atoms with E-state index in [-0.39, 0.29) is 0 Å². The van der Waals surface area contributed by atoms with E-state index in [0.717, 1.165) is 59.7 Å². The van der Waals surface area contributed by atoms with E-state index in [9.17, 15) is 0 Å². The minimum absolute atomic E-state index is 1.00. The van der Waals surface area contributed by atoms with E-state index in [0.29, 0.717) is 0 Å². The zero-order chi connectivity index (χ0) is 18.2. The molecule has 0 bridgehead atoms. The van der Waals surface area contributed by atoms with E-state index >= 15 is 0 Å². The van der Waals surface area contributed by atoms with Crippen LogP contribution in [0, 0.1) is 0 Å². The Bertz CT molecular complexity index is 1090. The first-order valence-corrected chi connectivity index (χ1v) is 10.3. The highest BCUT2D eigenvalue weighted by Crippen LogP contribution is 2.40. The minimum atomic E-state index is 1.00. The molecule has 5 nitrogen and oxygen atoms in total. The van der Waals surface area contributed by atoms with Crippen molar-refractivity contribution in [3.05, 3.63) is 48.4 Å². The quantitative estimate of drug-likeness (QED) is 0.541. The highest BCUT2D eigenvalue weighted by atomic mass is 32.1. The number of thiophene rings is 1. The van der Waals surface area contributed by atoms with Gasteiger partial charge in [-0.25, -0.2) is 9.97 Å². The molecular formula is C21H21N5S. The van der Waals surface area contributed by atoms with Gasteiger partial charge in [-0.05, 0) is 11.9 Å². The van der Waals surface area contributed by atoms with Crippen LogP contribution in [0.3, 0.4) is 0 Å². The van der Waals surface area contributed by atoms with Gasteiger partial charge in [-0.1, -0.05) is 31.2 Å². The van der Waals surface area contributed by atoms with Crippen LogP contribution in [0.25, 0.3) is 32.1 Å². The Balaban J connectivity index is 1.66. The van der Waals surface area contributed by atoms with Crippen LogP contribution in [0.2, 0.25) is 0 Å². The molecule has 1 aromatic carbocycles. The van der Waals surface area contributed by atoms with E-state index in [2.05, 4.69) is 56.3 Å². The van der Waals surface area contributed by atoms with Crippen molar-refractivity contribution < 1.29 is 0 Å². The molecule has 4 heterocycles. The SMILES string of the molecule is CCN1CCN(c2ncnc3scc(-c4cncc5ccccc45)c23)CC1. The van der Waals surface area contributed by atoms with E-state index in [1.165, 1.54) is 10.9 Å². The maximum atomic E-state index is 4.70. The summed E-state index contributed by atoms with van der Waals surface area (Å²) in [6.07, 6.45) is 5.59. The molecule has 1 fully saturated rings. The van der Waals surface area contributed by atoms with Crippen molar-refractivity contribution in [1.82, 2.24) is 19.9 Å². The molecule has 5 rings (SSSR count). The molecule has 0 N–H and O–H groups in total. The maximum absolute atomic E-state index is 4.70. The van der Waals surface area contributed by atoms with Crippen LogP contribution < -0.4 is 4.90 Å². The predicted molar refractivity (Wildman–Crippen MR) is 112 cm³/mol. The van der Waals surface area contributed by atoms with Crippen molar-refractivity contribution in [3.63, 3.8) is 0 Å². The number of hydrogen-bond donors (Lipinski definition) is 0. The fourth-order valence-electron chi connectivity index (χ4n) is 3.90. The molecule has 0 saturated carbocycles. The Morgan fingerprint density at radius 3 is 2.70 bits per heavy atom. The molecule has 0 spiro atoms. The van der Waals surface area contributed by atoms with Crippen molar-refractivity contribution in [1.29, 1.82) is 0 Å². The summed E-state index contributed by atoms with van der Waals surface area (Å²) in [5.74, 6) is 1.06. The van der Waals surface area contributed by atoms with Crippen molar-refractivity contribution in [2.24, 2.45) is 0 Å². The normalized spacial score (nSPS) is 15.7. The van der Waals surface area contributed by atoms with Crippen LogP contribution in [-0.2, 0) is 0 Å². The highest BCUT2D eigenvalue weighted by Gasteiger charge is 2.22. The smallest absolute Gasteiger partial charge is 0.141 e. The first-order chi connectivity index (χ1) is 13.3. The lowest BCUT2D eigenvalue weighted by atomic mass is 10.0. The number of pyridine rings is 1. The largest absolute Gasteiger partial charge is 0.353 e. The summed E-state index contributed by atoms with van der Waals surface area (Å²) in [5, 5.41) is 5.74. The standard InChI is InChI=1S/C21H21N5S/c1-2-25-7-9-26(10-8-25)20-19-18(13-27-21(19)24-14-23-20)17-12-22-11-15-5-3-4-6-16(15)17/h3-6,11-14H,2,7-10H2,1H3. The number of hydrogen-bond acceptors (Lipinski definition) is 6. The second-order valence-corrected chi connectivity index (χ2v) is 7.71. The van der Waals surface area contributed by atoms with Crippen molar-refractivity contribution in [2.45, 2.75) is 6.92 Å². The second kappa shape index (κ2) is 6.87. The topological polar surface area (TPSA) is 45.2 Å². The average molecular weight is 376 g/mol. The number of aromatic nitrogens is 3. The van der Waals surface area contributed by atoms with Crippen LogP contribution in [0.15, 0.2) is 48.4 Å². The van der Waals surface area contributed by atoms with E-state index in [1.54, 1.807) is 17.7 Å². The molecule has 4 aromatic rings. The third-order valence-corrected chi connectivity index (χ3v) is 6.31. The van der Waals surface area contributed by atoms with Gasteiger partial charge in [-0.2, -0.15) is 0 Å². The van der Waals surface area contributed by atoms with Crippen molar-refractivity contribution >= 4 is 38.1 Å². The van der Waals surface area contributed by atoms with Crippen LogP contribution >= 0.6 is 11.3 Å². The maximum Gasteiger partial charge on any atom is 0.141 e. The molecule has 0 unspecified atom stereocenters. The summed E-state index contributed by atoms with van der Waals surface area (Å²) in [6, 6.07) is 8.42. The van der Waals surface area contributed by atoms with Crippen LogP contribution in [-0.4, -0.2) is 52.6 Å². The van der Waals surface area contributed by atoms with Gasteiger partial charge in [0.25, 0.3) is 0 Å². The molecule has 3 aromatic heterocycles. The number of likely N-dealkylation sites (N-methyl/N-ethyl adjacent to an activating group) is 1. The molecule has 136 valence electrons. The molecule has 0 radical (unpaired) electrons. The monoisotopic (exact) mass is 375 g/mol. The Hall–Kier alpha value is -2.57. The summed E-state index contributed by atoms with van der Waals surface area (Å²) in [5.41, 5.74) is 2.34. The van der Waals surface area contributed by atoms with Crippen LogP contribution in [0.4, 0.5) is 5.82 Å². The zero-order valence-electron chi connectivity index (χ0n) is 15.3. The number of rotatable bonds is 3. The first-order valence-electron chi connectivity index (χ1n) is 9.38. The summed E-state index contributed by atoms with van der Waals surface area (Å²) < 4.78 is 0. The molecular weight excluding hydrogens is 354 g/mol. The summed E-state index contributed by atoms with van der Waals surface area (Å²) in [4.78, 5) is 19.7. The lowest BCUT2D eigenvalue weighted by Gasteiger charge is -2.35. The molecule has 6 heteroatoms. The van der Waals surface area contributed by atoms with Crippen molar-refractivity contribution in [3.8, 4) is 11.1 Å². The highest BCUT2D eigenvalue weighted by molar-refractivity contribution is 7.17. The molecule has 1 saturated heterocycles. The summed E-state index contributed by atoms with van der Waals surface area (Å²) >= 11 is 1.68. The van der Waals surface area contributed by atoms with E-state index in [4.69, 9.17) is 4.98 Å². The van der Waals surface area contributed by atoms with Crippen molar-refractivity contribution in [2.75, 3.05) is 37.6 Å². The number of fused-ring (bicyclic) bond motifs is 2. The Morgan fingerprint density at radius 2 is 1.85 bits per heavy atom. The van der Waals surface area contributed by atoms with E-state index < -0.39 is 0 Å². The fraction of sp³-hybridized carbons (Fsp3) is 0.286. The van der Waals surface area contributed by atoms with Gasteiger partial charge in [-0.15, -0.1) is 11.3 Å². The van der Waals surface area contributed by atoms with Gasteiger partial charge in [0.15, 0.2) is 0 Å². The van der Waals surface area contributed by atoms with Crippen LogP contribution in [0.5, 0.6) is 0 Å². The fourth-order valence-corrected chi connectivity index (χ4v) is 4.81. The third kappa shape index (κ3) is 2.85. The number of anilines is 1. The average Bonchev–Trinajstić information content (AvgIpc) is 3.17. The molecule has 1 aliphatic heterocycles. The molecule has 27 heavy (non-hydrogen) atoms. The zero-order valence-corrected chi connectivity index (χ0v) is 16.1. The van der Waals surface area contributed by atoms with Gasteiger partial charge in [0, 0.05) is 60.5 Å². The molecule has 0 aliphatic carbocycles. The first kappa shape index (κ1) is 16.6. The predicted octanol–water partition coefficient (Wildman–Crippen LogP) is 4.05. The van der Waals surface area contributed by atoms with Gasteiger partial charge in [0.1, 0.15) is 17.0 Å². The molecule has 0 atom stereocenters. The van der Waals surface area contributed by atoms with Gasteiger partial charge in [0.05, 0.1) is 5.39 Å². The van der Waals surface area contributed by atoms with Gasteiger partial charge < -0.3 is 9.80 Å². The Kier molecular flexibility index (Phi) is 4.22.